The van der Waals surface area contributed by atoms with E-state index in [0.717, 1.165) is 24.6 Å². The Balaban J connectivity index is 0.00000288. The molecule has 0 amide bonds. The maximum atomic E-state index is 10.3. The number of benzene rings is 1. The number of hydrogen-bond acceptors (Lipinski definition) is 3. The molecule has 1 aliphatic heterocycles. The molecule has 1 aromatic carbocycles. The van der Waals surface area contributed by atoms with Crippen LogP contribution in [0.4, 0.5) is 0 Å². The lowest BCUT2D eigenvalue weighted by Crippen LogP contribution is -2.40. The molecule has 2 atom stereocenters. The van der Waals surface area contributed by atoms with Gasteiger partial charge in [-0.05, 0) is 38.5 Å². The van der Waals surface area contributed by atoms with Crippen LogP contribution in [0.2, 0.25) is 5.02 Å². The lowest BCUT2D eigenvalue weighted by atomic mass is 10.1. The minimum absolute atomic E-state index is 0. The SMILES string of the molecule is CCNC(=NCC1(C)CCCS1)NCC(O)c1ccccc1Cl.I. The first-order chi connectivity index (χ1) is 11.0. The summed E-state index contributed by atoms with van der Waals surface area (Å²) in [5, 5.41) is 17.3. The van der Waals surface area contributed by atoms with Crippen LogP contribution in [0, 0.1) is 0 Å². The number of aliphatic hydroxyl groups is 1. The summed E-state index contributed by atoms with van der Waals surface area (Å²) in [7, 11) is 0. The predicted octanol–water partition coefficient (Wildman–Crippen LogP) is 3.83. The van der Waals surface area contributed by atoms with Gasteiger partial charge in [-0.3, -0.25) is 4.99 Å². The molecular weight excluding hydrogens is 457 g/mol. The number of aliphatic hydroxyl groups excluding tert-OH is 1. The summed E-state index contributed by atoms with van der Waals surface area (Å²) in [4.78, 5) is 4.68. The van der Waals surface area contributed by atoms with E-state index in [1.54, 1.807) is 6.07 Å². The Kier molecular flexibility index (Phi) is 9.77. The van der Waals surface area contributed by atoms with E-state index in [-0.39, 0.29) is 28.7 Å². The molecule has 2 unspecified atom stereocenters. The average Bonchev–Trinajstić information content (AvgIpc) is 2.97. The van der Waals surface area contributed by atoms with Gasteiger partial charge in [0.2, 0.25) is 0 Å². The molecule has 0 spiro atoms. The molecule has 0 saturated carbocycles. The van der Waals surface area contributed by atoms with E-state index in [4.69, 9.17) is 11.6 Å². The fourth-order valence-corrected chi connectivity index (χ4v) is 4.09. The van der Waals surface area contributed by atoms with Crippen molar-refractivity contribution < 1.29 is 5.11 Å². The first kappa shape index (κ1) is 21.9. The monoisotopic (exact) mass is 483 g/mol. The van der Waals surface area contributed by atoms with Crippen molar-refractivity contribution in [1.29, 1.82) is 0 Å². The summed E-state index contributed by atoms with van der Waals surface area (Å²) in [5.74, 6) is 1.97. The van der Waals surface area contributed by atoms with E-state index >= 15 is 0 Å². The smallest absolute Gasteiger partial charge is 0.191 e. The molecule has 24 heavy (non-hydrogen) atoms. The Morgan fingerprint density at radius 2 is 2.17 bits per heavy atom. The summed E-state index contributed by atoms with van der Waals surface area (Å²) in [6.45, 7) is 6.26. The second-order valence-electron chi connectivity index (χ2n) is 6.02. The highest BCUT2D eigenvalue weighted by Crippen LogP contribution is 2.37. The normalized spacial score (nSPS) is 21.9. The highest BCUT2D eigenvalue weighted by molar-refractivity contribution is 14.0. The topological polar surface area (TPSA) is 56.7 Å². The molecule has 0 aromatic heterocycles. The van der Waals surface area contributed by atoms with Gasteiger partial charge in [-0.1, -0.05) is 29.8 Å². The highest BCUT2D eigenvalue weighted by atomic mass is 127. The van der Waals surface area contributed by atoms with E-state index in [0.29, 0.717) is 11.6 Å². The lowest BCUT2D eigenvalue weighted by molar-refractivity contribution is 0.181. The van der Waals surface area contributed by atoms with Crippen LogP contribution in [0.15, 0.2) is 29.3 Å². The molecule has 1 aliphatic rings. The Bertz CT molecular complexity index is 538. The van der Waals surface area contributed by atoms with Crippen LogP contribution >= 0.6 is 47.3 Å². The summed E-state index contributed by atoms with van der Waals surface area (Å²) in [6.07, 6.45) is 1.82. The Hall–Kier alpha value is -0.180. The van der Waals surface area contributed by atoms with Crippen molar-refractivity contribution in [2.45, 2.75) is 37.5 Å². The summed E-state index contributed by atoms with van der Waals surface area (Å²) in [5.41, 5.74) is 0.732. The van der Waals surface area contributed by atoms with Crippen LogP contribution in [0.3, 0.4) is 0 Å². The van der Waals surface area contributed by atoms with Gasteiger partial charge in [-0.2, -0.15) is 11.8 Å². The molecule has 4 nitrogen and oxygen atoms in total. The number of rotatable bonds is 6. The van der Waals surface area contributed by atoms with Crippen LogP contribution in [0.1, 0.15) is 38.4 Å². The number of nitrogens with zero attached hydrogens (tertiary/aromatic N) is 1. The van der Waals surface area contributed by atoms with Crippen LogP contribution in [0.25, 0.3) is 0 Å². The van der Waals surface area contributed by atoms with Gasteiger partial charge in [0.15, 0.2) is 5.96 Å². The van der Waals surface area contributed by atoms with Crippen molar-refractivity contribution in [3.05, 3.63) is 34.9 Å². The third-order valence-electron chi connectivity index (χ3n) is 3.94. The molecule has 1 heterocycles. The van der Waals surface area contributed by atoms with Crippen LogP contribution in [-0.2, 0) is 0 Å². The van der Waals surface area contributed by atoms with Crippen LogP contribution < -0.4 is 10.6 Å². The summed E-state index contributed by atoms with van der Waals surface area (Å²) in [6, 6.07) is 7.37. The van der Waals surface area contributed by atoms with Crippen molar-refractivity contribution in [2.75, 3.05) is 25.4 Å². The molecule has 136 valence electrons. The Morgan fingerprint density at radius 3 is 2.79 bits per heavy atom. The van der Waals surface area contributed by atoms with E-state index in [1.807, 2.05) is 36.9 Å². The molecule has 0 bridgehead atoms. The Morgan fingerprint density at radius 1 is 1.42 bits per heavy atom. The largest absolute Gasteiger partial charge is 0.387 e. The van der Waals surface area contributed by atoms with Gasteiger partial charge < -0.3 is 15.7 Å². The number of nitrogens with one attached hydrogen (secondary N) is 2. The Labute approximate surface area is 171 Å². The van der Waals surface area contributed by atoms with Crippen molar-refractivity contribution in [3.63, 3.8) is 0 Å². The minimum atomic E-state index is -0.663. The van der Waals surface area contributed by atoms with Gasteiger partial charge in [0.25, 0.3) is 0 Å². The van der Waals surface area contributed by atoms with Gasteiger partial charge in [-0.25, -0.2) is 0 Å². The van der Waals surface area contributed by atoms with Gasteiger partial charge in [-0.15, -0.1) is 24.0 Å². The van der Waals surface area contributed by atoms with Crippen molar-refractivity contribution in [3.8, 4) is 0 Å². The first-order valence-electron chi connectivity index (χ1n) is 8.13. The second kappa shape index (κ2) is 10.7. The van der Waals surface area contributed by atoms with E-state index < -0.39 is 6.10 Å². The number of thioether (sulfide) groups is 1. The number of aliphatic imine (C=N–C) groups is 1. The van der Waals surface area contributed by atoms with Gasteiger partial charge in [0.1, 0.15) is 0 Å². The van der Waals surface area contributed by atoms with Crippen molar-refractivity contribution in [1.82, 2.24) is 10.6 Å². The maximum Gasteiger partial charge on any atom is 0.191 e. The van der Waals surface area contributed by atoms with Crippen molar-refractivity contribution >= 4 is 53.3 Å². The maximum absolute atomic E-state index is 10.3. The van der Waals surface area contributed by atoms with Crippen LogP contribution in [0.5, 0.6) is 0 Å². The number of halogens is 2. The van der Waals surface area contributed by atoms with Gasteiger partial charge in [0, 0.05) is 28.4 Å². The van der Waals surface area contributed by atoms with Gasteiger partial charge >= 0.3 is 0 Å². The van der Waals surface area contributed by atoms with E-state index in [9.17, 15) is 5.11 Å². The summed E-state index contributed by atoms with van der Waals surface area (Å²) >= 11 is 8.12. The standard InChI is InChI=1S/C17H26ClN3OS.HI/c1-3-19-16(21-12-17(2)9-6-10-23-17)20-11-15(22)13-7-4-5-8-14(13)18;/h4-5,7-8,15,22H,3,6,9-12H2,1-2H3,(H2,19,20,21);1H. The van der Waals surface area contributed by atoms with Gasteiger partial charge in [0.05, 0.1) is 12.6 Å². The molecule has 0 aliphatic carbocycles. The third kappa shape index (κ3) is 6.61. The third-order valence-corrected chi connectivity index (χ3v) is 5.81. The quantitative estimate of drug-likeness (QED) is 0.327. The average molecular weight is 484 g/mol. The second-order valence-corrected chi connectivity index (χ2v) is 8.11. The van der Waals surface area contributed by atoms with E-state index in [2.05, 4.69) is 22.5 Å². The first-order valence-corrected chi connectivity index (χ1v) is 9.49. The molecule has 1 aromatic rings. The molecule has 2 rings (SSSR count). The zero-order valence-corrected chi connectivity index (χ0v) is 18.1. The zero-order valence-electron chi connectivity index (χ0n) is 14.2. The summed E-state index contributed by atoms with van der Waals surface area (Å²) < 4.78 is 0.240. The highest BCUT2D eigenvalue weighted by Gasteiger charge is 2.29. The predicted molar refractivity (Wildman–Crippen MR) is 116 cm³/mol. The fraction of sp³-hybridized carbons (Fsp3) is 0.588. The van der Waals surface area contributed by atoms with Crippen LogP contribution in [-0.4, -0.2) is 41.2 Å². The minimum Gasteiger partial charge on any atom is -0.387 e. The molecular formula is C17H27ClIN3OS. The lowest BCUT2D eigenvalue weighted by Gasteiger charge is -2.21. The van der Waals surface area contributed by atoms with E-state index in [1.165, 1.54) is 18.6 Å². The molecule has 1 saturated heterocycles. The fourth-order valence-electron chi connectivity index (χ4n) is 2.60. The molecule has 3 N–H and O–H groups in total. The number of hydrogen-bond donors (Lipinski definition) is 3. The number of guanidine groups is 1. The zero-order chi connectivity index (χ0) is 16.7. The molecule has 0 radical (unpaired) electrons. The molecule has 7 heteroatoms. The van der Waals surface area contributed by atoms with Crippen molar-refractivity contribution in [2.24, 2.45) is 4.99 Å². The molecule has 1 fully saturated rings.